The second-order valence-corrected chi connectivity index (χ2v) is 11.7. The monoisotopic (exact) mass is 615 g/mol. The van der Waals surface area contributed by atoms with Gasteiger partial charge < -0.3 is 4.57 Å². The molecular formula is C43H29N5. The molecule has 9 rings (SSSR count). The Morgan fingerprint density at radius 1 is 0.417 bits per heavy atom. The highest BCUT2D eigenvalue weighted by Gasteiger charge is 2.18. The van der Waals surface area contributed by atoms with E-state index in [9.17, 15) is 0 Å². The molecule has 5 heteroatoms. The van der Waals surface area contributed by atoms with E-state index in [2.05, 4.69) is 119 Å². The number of pyridine rings is 1. The van der Waals surface area contributed by atoms with E-state index in [0.29, 0.717) is 0 Å². The van der Waals surface area contributed by atoms with Gasteiger partial charge in [0, 0.05) is 45.2 Å². The number of hydrogen-bond donors (Lipinski definition) is 0. The maximum atomic E-state index is 5.10. The first kappa shape index (κ1) is 27.7. The standard InChI is InChI=1S/C43H29N5/c1-2-12-30(13-3-1)42-43(46-38-17-7-6-16-37(38)45-42)31-21-23-32(24-22-31)47(41-20-10-11-29-44-41)33-25-27-34(28-26-33)48-39-18-8-4-14-35(39)36-15-5-9-19-40(36)48/h1-29H. The summed E-state index contributed by atoms with van der Waals surface area (Å²) < 4.78 is 2.34. The molecule has 0 saturated carbocycles. The molecule has 0 aliphatic rings. The third-order valence-electron chi connectivity index (χ3n) is 8.84. The van der Waals surface area contributed by atoms with Crippen molar-refractivity contribution in [1.29, 1.82) is 0 Å². The maximum absolute atomic E-state index is 5.10. The molecule has 0 amide bonds. The summed E-state index contributed by atoms with van der Waals surface area (Å²) >= 11 is 0. The topological polar surface area (TPSA) is 46.8 Å². The van der Waals surface area contributed by atoms with Crippen molar-refractivity contribution in [3.63, 3.8) is 0 Å². The van der Waals surface area contributed by atoms with E-state index in [0.717, 1.165) is 56.4 Å². The van der Waals surface area contributed by atoms with Crippen LogP contribution in [0.4, 0.5) is 17.2 Å². The van der Waals surface area contributed by atoms with Gasteiger partial charge in [0.05, 0.1) is 33.5 Å². The molecule has 0 N–H and O–H groups in total. The van der Waals surface area contributed by atoms with Crippen molar-refractivity contribution in [1.82, 2.24) is 19.5 Å². The Labute approximate surface area is 278 Å². The number of nitrogens with zero attached hydrogens (tertiary/aromatic N) is 5. The summed E-state index contributed by atoms with van der Waals surface area (Å²) in [5.74, 6) is 0.838. The largest absolute Gasteiger partial charge is 0.309 e. The van der Waals surface area contributed by atoms with Gasteiger partial charge in [0.1, 0.15) is 5.82 Å². The van der Waals surface area contributed by atoms with Gasteiger partial charge in [0.2, 0.25) is 0 Å². The van der Waals surface area contributed by atoms with Crippen LogP contribution in [0.5, 0.6) is 0 Å². The van der Waals surface area contributed by atoms with Crippen LogP contribution >= 0.6 is 0 Å². The normalized spacial score (nSPS) is 11.3. The van der Waals surface area contributed by atoms with Gasteiger partial charge in [0.25, 0.3) is 0 Å². The highest BCUT2D eigenvalue weighted by Crippen LogP contribution is 2.38. The summed E-state index contributed by atoms with van der Waals surface area (Å²) in [4.78, 5) is 17.1. The molecule has 6 aromatic carbocycles. The van der Waals surface area contributed by atoms with Crippen LogP contribution in [0.2, 0.25) is 0 Å². The molecule has 0 radical (unpaired) electrons. The molecule has 0 fully saturated rings. The van der Waals surface area contributed by atoms with Gasteiger partial charge >= 0.3 is 0 Å². The number of anilines is 3. The Morgan fingerprint density at radius 2 is 0.917 bits per heavy atom. The average molecular weight is 616 g/mol. The summed E-state index contributed by atoms with van der Waals surface area (Å²) in [5.41, 5.74) is 11.0. The van der Waals surface area contributed by atoms with Crippen molar-refractivity contribution < 1.29 is 0 Å². The Bertz CT molecular complexity index is 2490. The Kier molecular flexibility index (Phi) is 6.72. The van der Waals surface area contributed by atoms with E-state index in [1.807, 2.05) is 66.9 Å². The van der Waals surface area contributed by atoms with E-state index < -0.39 is 0 Å². The molecular weight excluding hydrogens is 587 g/mol. The van der Waals surface area contributed by atoms with Crippen LogP contribution in [0.25, 0.3) is 61.0 Å². The predicted octanol–water partition coefficient (Wildman–Crippen LogP) is 10.9. The number of aromatic nitrogens is 4. The second-order valence-electron chi connectivity index (χ2n) is 11.7. The first-order chi connectivity index (χ1) is 23.8. The van der Waals surface area contributed by atoms with E-state index in [1.54, 1.807) is 0 Å². The summed E-state index contributed by atoms with van der Waals surface area (Å²) in [5, 5.41) is 2.50. The fourth-order valence-corrected chi connectivity index (χ4v) is 6.62. The van der Waals surface area contributed by atoms with Gasteiger partial charge in [-0.15, -0.1) is 0 Å². The molecule has 3 heterocycles. The quantitative estimate of drug-likeness (QED) is 0.187. The predicted molar refractivity (Wildman–Crippen MR) is 197 cm³/mol. The van der Waals surface area contributed by atoms with Gasteiger partial charge in [0.15, 0.2) is 0 Å². The van der Waals surface area contributed by atoms with Crippen LogP contribution in [-0.2, 0) is 0 Å². The van der Waals surface area contributed by atoms with Gasteiger partial charge in [-0.05, 0) is 72.8 Å². The molecule has 0 bridgehead atoms. The van der Waals surface area contributed by atoms with Crippen molar-refractivity contribution in [3.8, 4) is 28.2 Å². The van der Waals surface area contributed by atoms with Crippen LogP contribution in [0.1, 0.15) is 0 Å². The minimum Gasteiger partial charge on any atom is -0.309 e. The molecule has 0 aliphatic carbocycles. The molecule has 9 aromatic rings. The number of benzene rings is 6. The van der Waals surface area contributed by atoms with Gasteiger partial charge in [-0.2, -0.15) is 0 Å². The molecule has 48 heavy (non-hydrogen) atoms. The summed E-state index contributed by atoms with van der Waals surface area (Å²) in [6.07, 6.45) is 1.83. The van der Waals surface area contributed by atoms with Crippen LogP contribution in [0.3, 0.4) is 0 Å². The molecule has 0 unspecified atom stereocenters. The van der Waals surface area contributed by atoms with Crippen molar-refractivity contribution in [3.05, 3.63) is 176 Å². The molecule has 0 atom stereocenters. The van der Waals surface area contributed by atoms with Crippen molar-refractivity contribution in [2.24, 2.45) is 0 Å². The Balaban J connectivity index is 1.13. The zero-order chi connectivity index (χ0) is 31.9. The van der Waals surface area contributed by atoms with Gasteiger partial charge in [-0.25, -0.2) is 15.0 Å². The van der Waals surface area contributed by atoms with E-state index in [4.69, 9.17) is 15.0 Å². The minimum absolute atomic E-state index is 0.838. The smallest absolute Gasteiger partial charge is 0.137 e. The van der Waals surface area contributed by atoms with Crippen LogP contribution < -0.4 is 4.90 Å². The van der Waals surface area contributed by atoms with Crippen LogP contribution in [-0.4, -0.2) is 19.5 Å². The maximum Gasteiger partial charge on any atom is 0.137 e. The van der Waals surface area contributed by atoms with Crippen LogP contribution in [0, 0.1) is 0 Å². The lowest BCUT2D eigenvalue weighted by Crippen LogP contribution is -2.11. The molecule has 5 nitrogen and oxygen atoms in total. The average Bonchev–Trinajstić information content (AvgIpc) is 3.50. The summed E-state index contributed by atoms with van der Waals surface area (Å²) in [7, 11) is 0. The van der Waals surface area contributed by atoms with E-state index in [1.165, 1.54) is 21.8 Å². The van der Waals surface area contributed by atoms with E-state index >= 15 is 0 Å². The fraction of sp³-hybridized carbons (Fsp3) is 0. The van der Waals surface area contributed by atoms with E-state index in [-0.39, 0.29) is 0 Å². The number of para-hydroxylation sites is 4. The molecule has 0 aliphatic heterocycles. The number of rotatable bonds is 6. The van der Waals surface area contributed by atoms with Gasteiger partial charge in [-0.1, -0.05) is 97.1 Å². The summed E-state index contributed by atoms with van der Waals surface area (Å²) in [6, 6.07) is 58.7. The van der Waals surface area contributed by atoms with Crippen molar-refractivity contribution >= 4 is 50.0 Å². The fourth-order valence-electron chi connectivity index (χ4n) is 6.62. The zero-order valence-corrected chi connectivity index (χ0v) is 26.0. The lowest BCUT2D eigenvalue weighted by Gasteiger charge is -2.25. The van der Waals surface area contributed by atoms with Crippen molar-refractivity contribution in [2.45, 2.75) is 0 Å². The molecule has 0 spiro atoms. The Morgan fingerprint density at radius 3 is 1.50 bits per heavy atom. The highest BCUT2D eigenvalue weighted by atomic mass is 15.2. The third-order valence-corrected chi connectivity index (χ3v) is 8.84. The Hall–Kier alpha value is -6.59. The lowest BCUT2D eigenvalue weighted by molar-refractivity contribution is 1.16. The minimum atomic E-state index is 0.838. The molecule has 3 aromatic heterocycles. The molecule has 226 valence electrons. The van der Waals surface area contributed by atoms with Crippen molar-refractivity contribution in [2.75, 3.05) is 4.90 Å². The SMILES string of the molecule is c1ccc(-c2nc3ccccc3nc2-c2ccc(N(c3ccc(-n4c5ccccc5c5ccccc54)cc3)c3ccccn3)cc2)cc1. The first-order valence-corrected chi connectivity index (χ1v) is 16.0. The zero-order valence-electron chi connectivity index (χ0n) is 26.0. The number of fused-ring (bicyclic) bond motifs is 4. The first-order valence-electron chi connectivity index (χ1n) is 16.0. The number of hydrogen-bond acceptors (Lipinski definition) is 4. The third kappa shape index (κ3) is 4.77. The van der Waals surface area contributed by atoms with Crippen LogP contribution in [0.15, 0.2) is 176 Å². The highest BCUT2D eigenvalue weighted by molar-refractivity contribution is 6.09. The summed E-state index contributed by atoms with van der Waals surface area (Å²) in [6.45, 7) is 0. The lowest BCUT2D eigenvalue weighted by atomic mass is 10.0. The second kappa shape index (κ2) is 11.6. The van der Waals surface area contributed by atoms with Gasteiger partial charge in [-0.3, -0.25) is 4.90 Å². The molecule has 0 saturated heterocycles.